The predicted octanol–water partition coefficient (Wildman–Crippen LogP) is 2.33. The zero-order valence-electron chi connectivity index (χ0n) is 13.4. The quantitative estimate of drug-likeness (QED) is 0.861. The zero-order valence-corrected chi connectivity index (χ0v) is 13.4. The molecule has 1 aliphatic heterocycles. The van der Waals surface area contributed by atoms with Gasteiger partial charge in [0, 0.05) is 24.2 Å². The molecule has 26 heavy (non-hydrogen) atoms. The molecular formula is C15H13F3N6O2. The van der Waals surface area contributed by atoms with Crippen molar-refractivity contribution in [3.8, 4) is 0 Å². The Hall–Kier alpha value is -3.24. The van der Waals surface area contributed by atoms with E-state index in [1.807, 2.05) is 0 Å². The van der Waals surface area contributed by atoms with Crippen LogP contribution in [0.5, 0.6) is 0 Å². The Morgan fingerprint density at radius 1 is 1.27 bits per heavy atom. The Balaban J connectivity index is 1.90. The number of hydrogen-bond donors (Lipinski definition) is 2. The molecule has 0 bridgehead atoms. The number of carbonyl (C=O) groups is 1. The Bertz CT molecular complexity index is 841. The van der Waals surface area contributed by atoms with Gasteiger partial charge in [0.15, 0.2) is 0 Å². The average molecular weight is 366 g/mol. The van der Waals surface area contributed by atoms with Crippen LogP contribution in [0.3, 0.4) is 0 Å². The van der Waals surface area contributed by atoms with Crippen molar-refractivity contribution in [2.24, 2.45) is 5.10 Å². The third-order valence-corrected chi connectivity index (χ3v) is 3.48. The van der Waals surface area contributed by atoms with Crippen molar-refractivity contribution in [3.05, 3.63) is 47.7 Å². The number of carbonyl (C=O) groups excluding carboxylic acids is 1. The number of anilines is 1. The van der Waals surface area contributed by atoms with Crippen molar-refractivity contribution in [2.75, 3.05) is 5.32 Å². The summed E-state index contributed by atoms with van der Waals surface area (Å²) in [6.07, 6.45) is -0.648. The molecule has 0 radical (unpaired) electrons. The number of hydrazone groups is 1. The summed E-state index contributed by atoms with van der Waals surface area (Å²) in [6.45, 7) is 1.53. The van der Waals surface area contributed by atoms with Gasteiger partial charge in [-0.2, -0.15) is 18.3 Å². The van der Waals surface area contributed by atoms with Gasteiger partial charge in [-0.05, 0) is 13.0 Å². The van der Waals surface area contributed by atoms with Gasteiger partial charge < -0.3 is 10.1 Å². The number of amides is 1. The van der Waals surface area contributed by atoms with E-state index in [0.29, 0.717) is 5.69 Å². The van der Waals surface area contributed by atoms with E-state index in [1.54, 1.807) is 0 Å². The van der Waals surface area contributed by atoms with Crippen LogP contribution in [0.1, 0.15) is 23.7 Å². The fourth-order valence-electron chi connectivity index (χ4n) is 2.30. The second-order valence-electron chi connectivity index (χ2n) is 5.32. The Morgan fingerprint density at radius 2 is 2.08 bits per heavy atom. The van der Waals surface area contributed by atoms with Gasteiger partial charge in [-0.3, -0.25) is 9.97 Å². The lowest BCUT2D eigenvalue weighted by atomic mass is 10.1. The maximum atomic E-state index is 13.4. The van der Waals surface area contributed by atoms with E-state index in [-0.39, 0.29) is 23.6 Å². The second kappa shape index (κ2) is 6.94. The number of alkyl halides is 3. The highest BCUT2D eigenvalue weighted by Crippen LogP contribution is 2.34. The van der Waals surface area contributed by atoms with E-state index >= 15 is 0 Å². The third kappa shape index (κ3) is 3.87. The van der Waals surface area contributed by atoms with E-state index in [1.165, 1.54) is 31.7 Å². The molecule has 1 atom stereocenters. The number of halogens is 3. The van der Waals surface area contributed by atoms with Gasteiger partial charge in [-0.15, -0.1) is 0 Å². The molecule has 136 valence electrons. The number of hydrogen-bond acceptors (Lipinski definition) is 7. The lowest BCUT2D eigenvalue weighted by Gasteiger charge is -2.21. The number of ether oxygens (including phenoxy) is 1. The van der Waals surface area contributed by atoms with Gasteiger partial charge in [0.25, 0.3) is 0 Å². The van der Waals surface area contributed by atoms with Crippen molar-refractivity contribution in [1.82, 2.24) is 20.4 Å². The van der Waals surface area contributed by atoms with Gasteiger partial charge in [0.2, 0.25) is 0 Å². The molecule has 2 aromatic rings. The molecular weight excluding hydrogens is 353 g/mol. The van der Waals surface area contributed by atoms with Crippen LogP contribution < -0.4 is 10.7 Å². The van der Waals surface area contributed by atoms with Crippen LogP contribution in [0.25, 0.3) is 0 Å². The molecule has 2 N–H and O–H groups in total. The average Bonchev–Trinajstić information content (AvgIpc) is 2.60. The van der Waals surface area contributed by atoms with E-state index in [2.05, 4.69) is 30.8 Å². The van der Waals surface area contributed by atoms with Crippen molar-refractivity contribution < 1.29 is 22.7 Å². The summed E-state index contributed by atoms with van der Waals surface area (Å²) in [6, 6.07) is 0.905. The standard InChI is InChI=1S/C15H13F3N6O2/c1-8-12(23-24-14(25)26-8)9-4-11(15(16,17)18)13(21-5-9)22-7-10-6-19-2-3-20-10/h2-6,8H,7H2,1H3,(H,21,22)(H,24,25). The van der Waals surface area contributed by atoms with Crippen LogP contribution >= 0.6 is 0 Å². The van der Waals surface area contributed by atoms with Crippen LogP contribution in [-0.2, 0) is 17.5 Å². The zero-order chi connectivity index (χ0) is 18.7. The Kier molecular flexibility index (Phi) is 4.69. The highest BCUT2D eigenvalue weighted by Gasteiger charge is 2.36. The molecule has 1 aliphatic rings. The first-order chi connectivity index (χ1) is 12.3. The smallest absolute Gasteiger partial charge is 0.428 e. The molecule has 0 spiro atoms. The first-order valence-corrected chi connectivity index (χ1v) is 7.45. The molecule has 0 aromatic carbocycles. The van der Waals surface area contributed by atoms with E-state index in [9.17, 15) is 18.0 Å². The van der Waals surface area contributed by atoms with Crippen molar-refractivity contribution in [1.29, 1.82) is 0 Å². The van der Waals surface area contributed by atoms with E-state index < -0.39 is 23.9 Å². The monoisotopic (exact) mass is 366 g/mol. The molecule has 3 rings (SSSR count). The molecule has 0 aliphatic carbocycles. The number of pyridine rings is 1. The molecule has 8 nitrogen and oxygen atoms in total. The van der Waals surface area contributed by atoms with Gasteiger partial charge in [0.05, 0.1) is 24.0 Å². The maximum absolute atomic E-state index is 13.4. The molecule has 0 fully saturated rings. The number of cyclic esters (lactones) is 1. The topological polar surface area (TPSA) is 101 Å². The predicted molar refractivity (Wildman–Crippen MR) is 84.2 cm³/mol. The number of rotatable bonds is 4. The van der Waals surface area contributed by atoms with Gasteiger partial charge in [-0.1, -0.05) is 0 Å². The van der Waals surface area contributed by atoms with Gasteiger partial charge >= 0.3 is 12.3 Å². The first kappa shape index (κ1) is 17.6. The van der Waals surface area contributed by atoms with Crippen molar-refractivity contribution >= 4 is 17.6 Å². The second-order valence-corrected chi connectivity index (χ2v) is 5.32. The molecule has 0 saturated heterocycles. The van der Waals surface area contributed by atoms with Crippen LogP contribution in [-0.4, -0.2) is 32.9 Å². The number of nitrogens with zero attached hydrogens (tertiary/aromatic N) is 4. The molecule has 2 aromatic heterocycles. The molecule has 0 saturated carbocycles. The lowest BCUT2D eigenvalue weighted by Crippen LogP contribution is -2.37. The third-order valence-electron chi connectivity index (χ3n) is 3.48. The minimum atomic E-state index is -4.64. The van der Waals surface area contributed by atoms with Crippen LogP contribution in [0.15, 0.2) is 36.0 Å². The first-order valence-electron chi connectivity index (χ1n) is 7.45. The van der Waals surface area contributed by atoms with Gasteiger partial charge in [-0.25, -0.2) is 15.2 Å². The van der Waals surface area contributed by atoms with Crippen LogP contribution in [0, 0.1) is 0 Å². The highest BCUT2D eigenvalue weighted by molar-refractivity contribution is 6.05. The summed E-state index contributed by atoms with van der Waals surface area (Å²) < 4.78 is 45.2. The Labute approximate surface area is 145 Å². The molecule has 1 unspecified atom stereocenters. The largest absolute Gasteiger partial charge is 0.439 e. The Morgan fingerprint density at radius 3 is 2.73 bits per heavy atom. The lowest BCUT2D eigenvalue weighted by molar-refractivity contribution is -0.137. The summed E-state index contributed by atoms with van der Waals surface area (Å²) in [5, 5.41) is 6.36. The molecule has 3 heterocycles. The SMILES string of the molecule is CC1OC(=O)NN=C1c1cnc(NCc2cnccn2)c(C(F)(F)F)c1. The summed E-state index contributed by atoms with van der Waals surface area (Å²) >= 11 is 0. The number of aromatic nitrogens is 3. The van der Waals surface area contributed by atoms with Crippen molar-refractivity contribution in [2.45, 2.75) is 25.7 Å². The summed E-state index contributed by atoms with van der Waals surface area (Å²) in [5.74, 6) is -0.346. The fourth-order valence-corrected chi connectivity index (χ4v) is 2.30. The normalized spacial score (nSPS) is 17.2. The van der Waals surface area contributed by atoms with Crippen LogP contribution in [0.2, 0.25) is 0 Å². The molecule has 11 heteroatoms. The van der Waals surface area contributed by atoms with E-state index in [4.69, 9.17) is 4.74 Å². The summed E-state index contributed by atoms with van der Waals surface area (Å²) in [7, 11) is 0. The van der Waals surface area contributed by atoms with Crippen molar-refractivity contribution in [3.63, 3.8) is 0 Å². The van der Waals surface area contributed by atoms with Crippen LogP contribution in [0.4, 0.5) is 23.8 Å². The van der Waals surface area contributed by atoms with E-state index in [0.717, 1.165) is 6.07 Å². The number of nitrogens with one attached hydrogen (secondary N) is 2. The van der Waals surface area contributed by atoms with Gasteiger partial charge in [0.1, 0.15) is 17.6 Å². The summed E-state index contributed by atoms with van der Waals surface area (Å²) in [5.41, 5.74) is 1.80. The maximum Gasteiger partial charge on any atom is 0.428 e. The highest BCUT2D eigenvalue weighted by atomic mass is 19.4. The fraction of sp³-hybridized carbons (Fsp3) is 0.267. The molecule has 1 amide bonds. The minimum absolute atomic E-state index is 0.0276. The summed E-state index contributed by atoms with van der Waals surface area (Å²) in [4.78, 5) is 22.8. The minimum Gasteiger partial charge on any atom is -0.439 e.